The summed E-state index contributed by atoms with van der Waals surface area (Å²) in [5.74, 6) is -0.558. The van der Waals surface area contributed by atoms with Crippen molar-refractivity contribution in [1.29, 1.82) is 0 Å². The number of alkyl halides is 3. The molecule has 0 fully saturated rings. The lowest BCUT2D eigenvalue weighted by Gasteiger charge is -2.31. The molecule has 2 N–H and O–H groups in total. The third-order valence-corrected chi connectivity index (χ3v) is 5.08. The summed E-state index contributed by atoms with van der Waals surface area (Å²) in [4.78, 5) is 20.3. The van der Waals surface area contributed by atoms with Crippen LogP contribution in [-0.4, -0.2) is 47.9 Å². The van der Waals surface area contributed by atoms with Crippen molar-refractivity contribution in [3.05, 3.63) is 46.5 Å². The predicted molar refractivity (Wildman–Crippen MR) is 119 cm³/mol. The van der Waals surface area contributed by atoms with Gasteiger partial charge in [-0.3, -0.25) is 9.78 Å². The summed E-state index contributed by atoms with van der Waals surface area (Å²) in [7, 11) is 2.73. The SMILES string of the molecule is CC.COc1cnc(C(=O)NCC(O)(c2cc(C(C)C)c(C)c(C)n2)C(F)(F)F)cc1OC. The molecular formula is C23H32F3N3O4. The second-order valence-corrected chi connectivity index (χ2v) is 7.43. The topological polar surface area (TPSA) is 93.6 Å². The Labute approximate surface area is 192 Å². The Morgan fingerprint density at radius 2 is 1.70 bits per heavy atom. The number of carbonyl (C=O) groups excluding carboxylic acids is 1. The first-order chi connectivity index (χ1) is 15.4. The number of amides is 1. The zero-order valence-corrected chi connectivity index (χ0v) is 20.2. The summed E-state index contributed by atoms with van der Waals surface area (Å²) in [5.41, 5.74) is -2.40. The third kappa shape index (κ3) is 6.13. The van der Waals surface area contributed by atoms with Crippen molar-refractivity contribution in [3.8, 4) is 11.5 Å². The number of aryl methyl sites for hydroxylation is 1. The molecule has 0 saturated heterocycles. The van der Waals surface area contributed by atoms with Crippen molar-refractivity contribution in [2.24, 2.45) is 0 Å². The highest BCUT2D eigenvalue weighted by Crippen LogP contribution is 2.39. The smallest absolute Gasteiger partial charge is 0.424 e. The van der Waals surface area contributed by atoms with Gasteiger partial charge in [0.15, 0.2) is 11.5 Å². The maximum atomic E-state index is 13.9. The molecule has 7 nitrogen and oxygen atoms in total. The third-order valence-electron chi connectivity index (χ3n) is 5.08. The molecule has 0 aliphatic rings. The first-order valence-corrected chi connectivity index (χ1v) is 10.5. The highest BCUT2D eigenvalue weighted by atomic mass is 19.4. The molecule has 0 aliphatic heterocycles. The fraction of sp³-hybridized carbons (Fsp3) is 0.522. The van der Waals surface area contributed by atoms with Gasteiger partial charge in [-0.2, -0.15) is 13.2 Å². The van der Waals surface area contributed by atoms with Crippen LogP contribution in [0, 0.1) is 13.8 Å². The standard InChI is InChI=1S/C21H26F3N3O4.C2H6/c1-11(2)14-7-18(27-13(4)12(14)3)20(29,21(22,23)24)10-26-19(28)15-8-16(30-5)17(31-6)9-25-15;1-2/h7-9,11,29H,10H2,1-6H3,(H,26,28);1-2H3. The normalized spacial score (nSPS) is 13.0. The molecule has 1 atom stereocenters. The number of nitrogens with zero attached hydrogens (tertiary/aromatic N) is 2. The summed E-state index contributed by atoms with van der Waals surface area (Å²) in [6, 6.07) is 2.47. The van der Waals surface area contributed by atoms with Crippen molar-refractivity contribution in [2.45, 2.75) is 59.2 Å². The summed E-state index contributed by atoms with van der Waals surface area (Å²) in [6.07, 6.45) is -3.88. The van der Waals surface area contributed by atoms with E-state index in [0.29, 0.717) is 11.3 Å². The predicted octanol–water partition coefficient (Wildman–Crippen LogP) is 4.44. The van der Waals surface area contributed by atoms with E-state index in [0.717, 1.165) is 5.56 Å². The second kappa shape index (κ2) is 11.3. The van der Waals surface area contributed by atoms with Gasteiger partial charge in [-0.05, 0) is 37.0 Å². The molecule has 2 rings (SSSR count). The van der Waals surface area contributed by atoms with Gasteiger partial charge in [-0.15, -0.1) is 0 Å². The van der Waals surface area contributed by atoms with Crippen LogP contribution in [-0.2, 0) is 5.60 Å². The van der Waals surface area contributed by atoms with E-state index < -0.39 is 29.9 Å². The van der Waals surface area contributed by atoms with E-state index in [2.05, 4.69) is 15.3 Å². The molecule has 1 unspecified atom stereocenters. The van der Waals surface area contributed by atoms with Gasteiger partial charge in [0.05, 0.1) is 32.7 Å². The minimum Gasteiger partial charge on any atom is -0.493 e. The van der Waals surface area contributed by atoms with Gasteiger partial charge in [0, 0.05) is 11.8 Å². The molecule has 0 aliphatic carbocycles. The molecule has 1 amide bonds. The van der Waals surface area contributed by atoms with E-state index in [1.807, 2.05) is 27.7 Å². The van der Waals surface area contributed by atoms with E-state index in [4.69, 9.17) is 9.47 Å². The molecule has 33 heavy (non-hydrogen) atoms. The van der Waals surface area contributed by atoms with Gasteiger partial charge in [-0.25, -0.2) is 4.98 Å². The van der Waals surface area contributed by atoms with E-state index in [1.165, 1.54) is 32.5 Å². The number of hydrogen-bond acceptors (Lipinski definition) is 6. The number of carbonyl (C=O) groups is 1. The molecule has 10 heteroatoms. The molecule has 0 radical (unpaired) electrons. The van der Waals surface area contributed by atoms with Crippen LogP contribution in [0.15, 0.2) is 18.3 Å². The van der Waals surface area contributed by atoms with Gasteiger partial charge in [0.2, 0.25) is 5.60 Å². The first-order valence-electron chi connectivity index (χ1n) is 10.5. The number of pyridine rings is 2. The van der Waals surface area contributed by atoms with E-state index in [-0.39, 0.29) is 23.1 Å². The summed E-state index contributed by atoms with van der Waals surface area (Å²) in [5, 5.41) is 12.8. The molecule has 0 spiro atoms. The Bertz CT molecular complexity index is 965. The molecular weight excluding hydrogens is 439 g/mol. The van der Waals surface area contributed by atoms with Crippen LogP contribution < -0.4 is 14.8 Å². The van der Waals surface area contributed by atoms with Crippen molar-refractivity contribution in [2.75, 3.05) is 20.8 Å². The fourth-order valence-corrected chi connectivity index (χ4v) is 3.07. The largest absolute Gasteiger partial charge is 0.493 e. The van der Waals surface area contributed by atoms with Crippen LogP contribution in [0.1, 0.15) is 66.6 Å². The van der Waals surface area contributed by atoms with Gasteiger partial charge in [0.25, 0.3) is 5.91 Å². The molecule has 2 aromatic heterocycles. The highest BCUT2D eigenvalue weighted by molar-refractivity contribution is 5.92. The minimum absolute atomic E-state index is 0.0801. The number of hydrogen-bond donors (Lipinski definition) is 2. The van der Waals surface area contributed by atoms with Gasteiger partial charge in [0.1, 0.15) is 5.69 Å². The molecule has 0 bridgehead atoms. The number of ether oxygens (including phenoxy) is 2. The number of rotatable bonds is 7. The number of methoxy groups -OCH3 is 2. The fourth-order valence-electron chi connectivity index (χ4n) is 3.07. The zero-order valence-electron chi connectivity index (χ0n) is 20.2. The molecule has 0 saturated carbocycles. The molecule has 0 aromatic carbocycles. The van der Waals surface area contributed by atoms with Crippen LogP contribution in [0.2, 0.25) is 0 Å². The van der Waals surface area contributed by atoms with Crippen LogP contribution in [0.5, 0.6) is 11.5 Å². The van der Waals surface area contributed by atoms with E-state index in [1.54, 1.807) is 13.8 Å². The van der Waals surface area contributed by atoms with Gasteiger partial charge < -0.3 is 19.9 Å². The van der Waals surface area contributed by atoms with Gasteiger partial charge in [-0.1, -0.05) is 27.7 Å². The average molecular weight is 472 g/mol. The number of nitrogens with one attached hydrogen (secondary N) is 1. The van der Waals surface area contributed by atoms with Crippen LogP contribution in [0.4, 0.5) is 13.2 Å². The van der Waals surface area contributed by atoms with Crippen molar-refractivity contribution in [1.82, 2.24) is 15.3 Å². The van der Waals surface area contributed by atoms with Gasteiger partial charge >= 0.3 is 6.18 Å². The Balaban J connectivity index is 0.00000265. The average Bonchev–Trinajstić information content (AvgIpc) is 2.78. The zero-order chi connectivity index (χ0) is 25.6. The van der Waals surface area contributed by atoms with Crippen LogP contribution >= 0.6 is 0 Å². The number of halogens is 3. The Kier molecular flexibility index (Phi) is 9.65. The van der Waals surface area contributed by atoms with Crippen molar-refractivity contribution < 1.29 is 32.5 Å². The maximum Gasteiger partial charge on any atom is 0.424 e. The first kappa shape index (κ1) is 28.2. The lowest BCUT2D eigenvalue weighted by molar-refractivity contribution is -0.265. The number of aliphatic hydroxyl groups is 1. The monoisotopic (exact) mass is 471 g/mol. The summed E-state index contributed by atoms with van der Waals surface area (Å²) < 4.78 is 51.9. The maximum absolute atomic E-state index is 13.9. The highest BCUT2D eigenvalue weighted by Gasteiger charge is 2.56. The Morgan fingerprint density at radius 1 is 1.12 bits per heavy atom. The number of aromatic nitrogens is 2. The molecule has 2 aromatic rings. The minimum atomic E-state index is -5.09. The Hall–Kier alpha value is -2.88. The van der Waals surface area contributed by atoms with Crippen molar-refractivity contribution in [3.63, 3.8) is 0 Å². The van der Waals surface area contributed by atoms with E-state index >= 15 is 0 Å². The second-order valence-electron chi connectivity index (χ2n) is 7.43. The van der Waals surface area contributed by atoms with Crippen molar-refractivity contribution >= 4 is 5.91 Å². The van der Waals surface area contributed by atoms with Crippen LogP contribution in [0.25, 0.3) is 0 Å². The Morgan fingerprint density at radius 3 is 2.18 bits per heavy atom. The quantitative estimate of drug-likeness (QED) is 0.620. The molecule has 2 heterocycles. The van der Waals surface area contributed by atoms with E-state index in [9.17, 15) is 23.1 Å². The van der Waals surface area contributed by atoms with Crippen LogP contribution in [0.3, 0.4) is 0 Å². The summed E-state index contributed by atoms with van der Waals surface area (Å²) in [6.45, 7) is 9.87. The lowest BCUT2D eigenvalue weighted by atomic mass is 9.91. The lowest BCUT2D eigenvalue weighted by Crippen LogP contribution is -2.51. The molecule has 184 valence electrons. The summed E-state index contributed by atoms with van der Waals surface area (Å²) >= 11 is 0.